The molecule has 0 aliphatic rings. The molecule has 0 aliphatic heterocycles. The fourth-order valence-corrected chi connectivity index (χ4v) is 1.98. The Morgan fingerprint density at radius 2 is 2.10 bits per heavy atom. The number of halogens is 2. The molecule has 104 valence electrons. The lowest BCUT2D eigenvalue weighted by Gasteiger charge is -2.10. The van der Waals surface area contributed by atoms with Gasteiger partial charge in [-0.25, -0.2) is 9.97 Å². The second-order valence-electron chi connectivity index (χ2n) is 3.86. The smallest absolute Gasteiger partial charge is 0.259 e. The summed E-state index contributed by atoms with van der Waals surface area (Å²) in [4.78, 5) is 20.2. The Kier molecular flexibility index (Phi) is 4.76. The average molecular weight is 311 g/mol. The average Bonchev–Trinajstić information content (AvgIpc) is 2.43. The van der Waals surface area contributed by atoms with E-state index < -0.39 is 0 Å². The van der Waals surface area contributed by atoms with E-state index in [0.717, 1.165) is 0 Å². The summed E-state index contributed by atoms with van der Waals surface area (Å²) in [6.45, 7) is 2.59. The molecule has 7 heteroatoms. The Morgan fingerprint density at radius 3 is 2.80 bits per heavy atom. The molecule has 20 heavy (non-hydrogen) atoms. The lowest BCUT2D eigenvalue weighted by Crippen LogP contribution is -2.16. The van der Waals surface area contributed by atoms with Crippen molar-refractivity contribution in [3.05, 3.63) is 46.3 Å². The number of amides is 1. The number of anilines is 2. The molecular formula is C13H12Cl2N4O. The fraction of sp³-hybridized carbons (Fsp3) is 0.154. The molecule has 2 aromatic heterocycles. The summed E-state index contributed by atoms with van der Waals surface area (Å²) < 4.78 is 0. The molecule has 0 fully saturated rings. The van der Waals surface area contributed by atoms with E-state index in [9.17, 15) is 4.79 Å². The molecule has 0 saturated heterocycles. The second kappa shape index (κ2) is 6.54. The van der Waals surface area contributed by atoms with Gasteiger partial charge in [-0.1, -0.05) is 23.2 Å². The van der Waals surface area contributed by atoms with Crippen molar-refractivity contribution in [1.82, 2.24) is 9.97 Å². The van der Waals surface area contributed by atoms with Crippen LogP contribution >= 0.6 is 23.2 Å². The number of hydrogen-bond acceptors (Lipinski definition) is 4. The van der Waals surface area contributed by atoms with Crippen molar-refractivity contribution in [2.75, 3.05) is 17.2 Å². The van der Waals surface area contributed by atoms with Crippen LogP contribution < -0.4 is 10.6 Å². The molecule has 0 saturated carbocycles. The van der Waals surface area contributed by atoms with Crippen LogP contribution in [0.3, 0.4) is 0 Å². The van der Waals surface area contributed by atoms with Crippen LogP contribution in [0.4, 0.5) is 11.5 Å². The highest BCUT2D eigenvalue weighted by Crippen LogP contribution is 2.23. The van der Waals surface area contributed by atoms with Crippen LogP contribution in [0.25, 0.3) is 0 Å². The summed E-state index contributed by atoms with van der Waals surface area (Å²) in [5, 5.41) is 6.11. The van der Waals surface area contributed by atoms with E-state index in [1.807, 2.05) is 6.92 Å². The number of nitrogens with one attached hydrogen (secondary N) is 2. The maximum Gasteiger partial charge on any atom is 0.259 e. The zero-order valence-electron chi connectivity index (χ0n) is 10.7. The van der Waals surface area contributed by atoms with Gasteiger partial charge in [0.1, 0.15) is 11.0 Å². The lowest BCUT2D eigenvalue weighted by atomic mass is 10.2. The zero-order valence-corrected chi connectivity index (χ0v) is 12.2. The van der Waals surface area contributed by atoms with Crippen molar-refractivity contribution >= 4 is 40.6 Å². The molecule has 1 amide bonds. The van der Waals surface area contributed by atoms with E-state index in [2.05, 4.69) is 20.6 Å². The molecule has 0 aromatic carbocycles. The number of hydrogen-bond donors (Lipinski definition) is 2. The monoisotopic (exact) mass is 310 g/mol. The van der Waals surface area contributed by atoms with Gasteiger partial charge in [0.05, 0.1) is 11.3 Å². The molecule has 0 radical (unpaired) electrons. The third-order valence-corrected chi connectivity index (χ3v) is 2.96. The summed E-state index contributed by atoms with van der Waals surface area (Å²) in [6, 6.07) is 6.52. The predicted molar refractivity (Wildman–Crippen MR) is 80.6 cm³/mol. The van der Waals surface area contributed by atoms with Crippen LogP contribution in [-0.4, -0.2) is 22.4 Å². The van der Waals surface area contributed by atoms with E-state index in [0.29, 0.717) is 23.6 Å². The van der Waals surface area contributed by atoms with Gasteiger partial charge in [-0.15, -0.1) is 0 Å². The predicted octanol–water partition coefficient (Wildman–Crippen LogP) is 3.47. The first-order valence-corrected chi connectivity index (χ1v) is 6.69. The summed E-state index contributed by atoms with van der Waals surface area (Å²) in [5.74, 6) is 0.200. The van der Waals surface area contributed by atoms with E-state index in [1.54, 1.807) is 30.5 Å². The number of pyridine rings is 2. The molecular weight excluding hydrogens is 299 g/mol. The van der Waals surface area contributed by atoms with Gasteiger partial charge in [-0.3, -0.25) is 4.79 Å². The summed E-state index contributed by atoms with van der Waals surface area (Å²) in [5.41, 5.74) is 0.827. The third-order valence-electron chi connectivity index (χ3n) is 2.46. The largest absolute Gasteiger partial charge is 0.370 e. The van der Waals surface area contributed by atoms with E-state index >= 15 is 0 Å². The van der Waals surface area contributed by atoms with Gasteiger partial charge >= 0.3 is 0 Å². The van der Waals surface area contributed by atoms with Gasteiger partial charge in [-0.2, -0.15) is 0 Å². The van der Waals surface area contributed by atoms with Gasteiger partial charge in [0, 0.05) is 12.7 Å². The fourth-order valence-electron chi connectivity index (χ4n) is 1.59. The number of nitrogens with zero attached hydrogens (tertiary/aromatic N) is 2. The van der Waals surface area contributed by atoms with Gasteiger partial charge < -0.3 is 10.6 Å². The molecule has 2 aromatic rings. The van der Waals surface area contributed by atoms with Gasteiger partial charge in [0.15, 0.2) is 5.15 Å². The highest BCUT2D eigenvalue weighted by atomic mass is 35.5. The van der Waals surface area contributed by atoms with Gasteiger partial charge in [0.2, 0.25) is 0 Å². The molecule has 0 atom stereocenters. The highest BCUT2D eigenvalue weighted by Gasteiger charge is 2.13. The Hall–Kier alpha value is -1.85. The van der Waals surface area contributed by atoms with Crippen LogP contribution in [0, 0.1) is 0 Å². The first-order chi connectivity index (χ1) is 9.61. The Balaban J connectivity index is 2.24. The maximum absolute atomic E-state index is 12.2. The molecule has 0 spiro atoms. The van der Waals surface area contributed by atoms with Crippen molar-refractivity contribution in [2.24, 2.45) is 0 Å². The molecule has 0 bridgehead atoms. The van der Waals surface area contributed by atoms with Crippen molar-refractivity contribution in [3.63, 3.8) is 0 Å². The van der Waals surface area contributed by atoms with Crippen LogP contribution in [0.1, 0.15) is 17.3 Å². The second-order valence-corrected chi connectivity index (χ2v) is 4.60. The van der Waals surface area contributed by atoms with Crippen LogP contribution in [0.15, 0.2) is 30.5 Å². The first kappa shape index (κ1) is 14.6. The normalized spacial score (nSPS) is 10.2. The molecule has 5 nitrogen and oxygen atoms in total. The SMILES string of the molecule is CCNc1ncccc1C(=O)Nc1ccc(Cl)nc1Cl. The van der Waals surface area contributed by atoms with Crippen LogP contribution in [0.2, 0.25) is 10.3 Å². The zero-order chi connectivity index (χ0) is 14.5. The summed E-state index contributed by atoms with van der Waals surface area (Å²) >= 11 is 11.6. The molecule has 2 rings (SSSR count). The quantitative estimate of drug-likeness (QED) is 0.849. The number of carbonyl (C=O) groups is 1. The van der Waals surface area contributed by atoms with Gasteiger partial charge in [-0.05, 0) is 31.2 Å². The van der Waals surface area contributed by atoms with E-state index in [4.69, 9.17) is 23.2 Å². The van der Waals surface area contributed by atoms with Crippen molar-refractivity contribution in [3.8, 4) is 0 Å². The van der Waals surface area contributed by atoms with E-state index in [-0.39, 0.29) is 16.2 Å². The number of carbonyl (C=O) groups excluding carboxylic acids is 1. The minimum atomic E-state index is -0.319. The lowest BCUT2D eigenvalue weighted by molar-refractivity contribution is 0.102. The van der Waals surface area contributed by atoms with Gasteiger partial charge in [0.25, 0.3) is 5.91 Å². The molecule has 2 heterocycles. The standard InChI is InChI=1S/C13H12Cl2N4O/c1-2-16-12-8(4-3-7-17-12)13(20)18-9-5-6-10(14)19-11(9)15/h3-7H,2H2,1H3,(H,16,17)(H,18,20). The van der Waals surface area contributed by atoms with Crippen LogP contribution in [0.5, 0.6) is 0 Å². The highest BCUT2D eigenvalue weighted by molar-refractivity contribution is 6.34. The topological polar surface area (TPSA) is 66.9 Å². The van der Waals surface area contributed by atoms with E-state index in [1.165, 1.54) is 0 Å². The maximum atomic E-state index is 12.2. The number of aromatic nitrogens is 2. The minimum absolute atomic E-state index is 0.139. The molecule has 0 aliphatic carbocycles. The Morgan fingerprint density at radius 1 is 1.30 bits per heavy atom. The Bertz CT molecular complexity index is 634. The van der Waals surface area contributed by atoms with Crippen LogP contribution in [-0.2, 0) is 0 Å². The van der Waals surface area contributed by atoms with Crippen molar-refractivity contribution in [1.29, 1.82) is 0 Å². The minimum Gasteiger partial charge on any atom is -0.370 e. The third kappa shape index (κ3) is 3.37. The van der Waals surface area contributed by atoms with Crippen molar-refractivity contribution < 1.29 is 4.79 Å². The first-order valence-electron chi connectivity index (χ1n) is 5.94. The Labute approximate surface area is 126 Å². The van der Waals surface area contributed by atoms with Crippen molar-refractivity contribution in [2.45, 2.75) is 6.92 Å². The summed E-state index contributed by atoms with van der Waals surface area (Å²) in [7, 11) is 0. The molecule has 0 unspecified atom stereocenters. The molecule has 2 N–H and O–H groups in total. The summed E-state index contributed by atoms with van der Waals surface area (Å²) in [6.07, 6.45) is 1.62. The number of rotatable bonds is 4.